The van der Waals surface area contributed by atoms with E-state index in [1.54, 1.807) is 16.8 Å². The lowest BCUT2D eigenvalue weighted by Crippen LogP contribution is -2.44. The first-order chi connectivity index (χ1) is 13.3. The van der Waals surface area contributed by atoms with Crippen molar-refractivity contribution in [2.24, 2.45) is 0 Å². The number of nitrogens with one attached hydrogen (secondary N) is 1. The molecule has 8 heteroatoms. The molecule has 1 aromatic heterocycles. The van der Waals surface area contributed by atoms with Crippen LogP contribution in [0, 0.1) is 6.92 Å². The first-order valence-corrected chi connectivity index (χ1v) is 9.54. The fourth-order valence-corrected chi connectivity index (χ4v) is 3.11. The zero-order valence-corrected chi connectivity index (χ0v) is 16.8. The molecular weight excluding hydrogens is 358 g/mol. The van der Waals surface area contributed by atoms with Crippen LogP contribution in [0.5, 0.6) is 0 Å². The fourth-order valence-electron chi connectivity index (χ4n) is 3.11. The molecule has 0 unspecified atom stereocenters. The molecule has 1 N–H and O–H groups in total. The summed E-state index contributed by atoms with van der Waals surface area (Å²) in [5, 5.41) is 6.88. The predicted octanol–water partition coefficient (Wildman–Crippen LogP) is 2.49. The normalized spacial score (nSPS) is 16.7. The number of carbonyl (C=O) groups is 2. The van der Waals surface area contributed by atoms with E-state index in [1.807, 2.05) is 45.0 Å². The molecule has 0 radical (unpaired) electrons. The minimum atomic E-state index is -0.212. The summed E-state index contributed by atoms with van der Waals surface area (Å²) in [6.45, 7) is 6.90. The molecule has 3 amide bonds. The second kappa shape index (κ2) is 8.41. The molecule has 1 aliphatic heterocycles. The Kier molecular flexibility index (Phi) is 5.96. The van der Waals surface area contributed by atoms with E-state index in [4.69, 9.17) is 4.52 Å². The van der Waals surface area contributed by atoms with Gasteiger partial charge in [-0.25, -0.2) is 4.79 Å². The molecule has 3 rings (SSSR count). The number of hydrogen-bond acceptors (Lipinski definition) is 5. The Bertz CT molecular complexity index is 848. The van der Waals surface area contributed by atoms with Gasteiger partial charge in [-0.15, -0.1) is 0 Å². The van der Waals surface area contributed by atoms with Crippen LogP contribution in [0.1, 0.15) is 43.5 Å². The summed E-state index contributed by atoms with van der Waals surface area (Å²) in [5.41, 5.74) is 1.97. The molecule has 0 aliphatic carbocycles. The minimum absolute atomic E-state index is 0.0200. The van der Waals surface area contributed by atoms with E-state index in [-0.39, 0.29) is 23.9 Å². The van der Waals surface area contributed by atoms with E-state index < -0.39 is 0 Å². The summed E-state index contributed by atoms with van der Waals surface area (Å²) in [7, 11) is 1.72. The highest BCUT2D eigenvalue weighted by Gasteiger charge is 2.32. The molecule has 1 aliphatic rings. The van der Waals surface area contributed by atoms with Crippen LogP contribution in [0.4, 0.5) is 10.5 Å². The van der Waals surface area contributed by atoms with Crippen LogP contribution in [0.15, 0.2) is 28.8 Å². The molecule has 1 atom stereocenters. The number of hydrogen-bond donors (Lipinski definition) is 1. The van der Waals surface area contributed by atoms with E-state index in [9.17, 15) is 9.59 Å². The molecule has 1 fully saturated rings. The summed E-state index contributed by atoms with van der Waals surface area (Å²) in [6.07, 6.45) is 0.815. The molecule has 2 aromatic rings. The van der Waals surface area contributed by atoms with Crippen molar-refractivity contribution < 1.29 is 14.1 Å². The SMILES string of the molecule is Cc1cccc(N2C[C@@H](NC(=O)N(C)CCc3noc(C(C)C)n3)CC2=O)c1. The highest BCUT2D eigenvalue weighted by molar-refractivity contribution is 5.96. The van der Waals surface area contributed by atoms with Crippen LogP contribution in [0.25, 0.3) is 0 Å². The summed E-state index contributed by atoms with van der Waals surface area (Å²) >= 11 is 0. The lowest BCUT2D eigenvalue weighted by molar-refractivity contribution is -0.117. The third-order valence-corrected chi connectivity index (χ3v) is 4.76. The topological polar surface area (TPSA) is 91.6 Å². The molecule has 150 valence electrons. The van der Waals surface area contributed by atoms with Crippen LogP contribution in [0.2, 0.25) is 0 Å². The Labute approximate surface area is 164 Å². The van der Waals surface area contributed by atoms with E-state index in [1.165, 1.54) is 0 Å². The molecule has 8 nitrogen and oxygen atoms in total. The van der Waals surface area contributed by atoms with Crippen molar-refractivity contribution in [1.29, 1.82) is 0 Å². The van der Waals surface area contributed by atoms with Crippen molar-refractivity contribution in [3.63, 3.8) is 0 Å². The number of nitrogens with zero attached hydrogens (tertiary/aromatic N) is 4. The van der Waals surface area contributed by atoms with Crippen LogP contribution >= 0.6 is 0 Å². The summed E-state index contributed by atoms with van der Waals surface area (Å²) < 4.78 is 5.18. The van der Waals surface area contributed by atoms with Crippen LogP contribution in [0.3, 0.4) is 0 Å². The number of carbonyl (C=O) groups excluding carboxylic acids is 2. The highest BCUT2D eigenvalue weighted by atomic mass is 16.5. The number of rotatable bonds is 6. The summed E-state index contributed by atoms with van der Waals surface area (Å²) in [4.78, 5) is 32.4. The first kappa shape index (κ1) is 19.9. The zero-order chi connectivity index (χ0) is 20.3. The van der Waals surface area contributed by atoms with E-state index in [2.05, 4.69) is 15.5 Å². The van der Waals surface area contributed by atoms with Gasteiger partial charge in [0.2, 0.25) is 11.8 Å². The minimum Gasteiger partial charge on any atom is -0.339 e. The predicted molar refractivity (Wildman–Crippen MR) is 105 cm³/mol. The standard InChI is InChI=1S/C20H27N5O3/c1-13(2)19-22-17(23-28-19)8-9-24(4)20(27)21-15-11-18(26)25(12-15)16-7-5-6-14(3)10-16/h5-7,10,13,15H,8-9,11-12H2,1-4H3,(H,21,27)/t15-/m0/s1. The van der Waals surface area contributed by atoms with E-state index >= 15 is 0 Å². The number of benzene rings is 1. The number of anilines is 1. The van der Waals surface area contributed by atoms with Gasteiger partial charge in [0, 0.05) is 44.6 Å². The van der Waals surface area contributed by atoms with Crippen LogP contribution < -0.4 is 10.2 Å². The number of likely N-dealkylation sites (N-methyl/N-ethyl adjacent to an activating group) is 1. The van der Waals surface area contributed by atoms with Crippen LogP contribution in [-0.2, 0) is 11.2 Å². The Morgan fingerprint density at radius 3 is 2.89 bits per heavy atom. The van der Waals surface area contributed by atoms with Crippen LogP contribution in [-0.4, -0.2) is 53.2 Å². The Morgan fingerprint density at radius 2 is 2.21 bits per heavy atom. The first-order valence-electron chi connectivity index (χ1n) is 9.54. The van der Waals surface area contributed by atoms with Crippen molar-refractivity contribution in [1.82, 2.24) is 20.4 Å². The lowest BCUT2D eigenvalue weighted by atomic mass is 10.2. The average molecular weight is 385 g/mol. The van der Waals surface area contributed by atoms with Gasteiger partial charge in [0.15, 0.2) is 5.82 Å². The second-order valence-corrected chi connectivity index (χ2v) is 7.57. The summed E-state index contributed by atoms with van der Waals surface area (Å²) in [6, 6.07) is 7.39. The maximum atomic E-state index is 12.5. The lowest BCUT2D eigenvalue weighted by Gasteiger charge is -2.21. The number of aryl methyl sites for hydroxylation is 1. The zero-order valence-electron chi connectivity index (χ0n) is 16.8. The Morgan fingerprint density at radius 1 is 1.43 bits per heavy atom. The fraction of sp³-hybridized carbons (Fsp3) is 0.500. The molecule has 1 saturated heterocycles. The van der Waals surface area contributed by atoms with Crippen molar-refractivity contribution in [3.05, 3.63) is 41.5 Å². The number of amides is 3. The van der Waals surface area contributed by atoms with Crippen molar-refractivity contribution in [2.45, 2.75) is 45.6 Å². The van der Waals surface area contributed by atoms with Gasteiger partial charge in [-0.1, -0.05) is 31.1 Å². The molecular formula is C20H27N5O3. The van der Waals surface area contributed by atoms with Crippen molar-refractivity contribution in [2.75, 3.05) is 25.0 Å². The highest BCUT2D eigenvalue weighted by Crippen LogP contribution is 2.22. The van der Waals surface area contributed by atoms with Crippen molar-refractivity contribution >= 4 is 17.6 Å². The quantitative estimate of drug-likeness (QED) is 0.825. The van der Waals surface area contributed by atoms with E-state index in [0.29, 0.717) is 37.6 Å². The third-order valence-electron chi connectivity index (χ3n) is 4.76. The van der Waals surface area contributed by atoms with Crippen molar-refractivity contribution in [3.8, 4) is 0 Å². The average Bonchev–Trinajstić information content (AvgIpc) is 3.26. The van der Waals surface area contributed by atoms with Gasteiger partial charge in [-0.2, -0.15) is 4.98 Å². The second-order valence-electron chi connectivity index (χ2n) is 7.57. The molecule has 28 heavy (non-hydrogen) atoms. The van der Waals surface area contributed by atoms with Gasteiger partial charge in [-0.3, -0.25) is 4.79 Å². The molecule has 0 saturated carbocycles. The number of aromatic nitrogens is 2. The summed E-state index contributed by atoms with van der Waals surface area (Å²) in [5.74, 6) is 1.39. The Hall–Kier alpha value is -2.90. The van der Waals surface area contributed by atoms with Gasteiger partial charge >= 0.3 is 6.03 Å². The van der Waals surface area contributed by atoms with Gasteiger partial charge in [0.1, 0.15) is 0 Å². The Balaban J connectivity index is 1.50. The van der Waals surface area contributed by atoms with Gasteiger partial charge in [0.05, 0.1) is 6.04 Å². The molecule has 0 bridgehead atoms. The smallest absolute Gasteiger partial charge is 0.317 e. The van der Waals surface area contributed by atoms with Gasteiger partial charge in [0.25, 0.3) is 0 Å². The maximum absolute atomic E-state index is 12.5. The van der Waals surface area contributed by atoms with Gasteiger partial charge < -0.3 is 19.6 Å². The third kappa shape index (κ3) is 4.68. The molecule has 1 aromatic carbocycles. The maximum Gasteiger partial charge on any atom is 0.317 e. The molecule has 0 spiro atoms. The largest absolute Gasteiger partial charge is 0.339 e. The molecule has 2 heterocycles. The number of urea groups is 1. The van der Waals surface area contributed by atoms with E-state index in [0.717, 1.165) is 11.3 Å². The van der Waals surface area contributed by atoms with Gasteiger partial charge in [-0.05, 0) is 24.6 Å². The monoisotopic (exact) mass is 385 g/mol.